The Morgan fingerprint density at radius 3 is 2.87 bits per heavy atom. The van der Waals surface area contributed by atoms with Gasteiger partial charge in [-0.3, -0.25) is 4.79 Å². The summed E-state index contributed by atoms with van der Waals surface area (Å²) in [4.78, 5) is 10.6. The van der Waals surface area contributed by atoms with Crippen LogP contribution in [0.5, 0.6) is 0 Å². The maximum atomic E-state index is 10.6. The van der Waals surface area contributed by atoms with Crippen molar-refractivity contribution < 1.29 is 9.53 Å². The molecule has 82 valence electrons. The summed E-state index contributed by atoms with van der Waals surface area (Å²) in [6, 6.07) is 7.80. The predicted octanol–water partition coefficient (Wildman–Crippen LogP) is 0.773. The molecule has 0 aromatic heterocycles. The number of methoxy groups -OCH3 is 1. The Labute approximate surface area is 89.4 Å². The number of rotatable bonds is 6. The van der Waals surface area contributed by atoms with Crippen molar-refractivity contribution >= 4 is 11.6 Å². The quantitative estimate of drug-likeness (QED) is 0.726. The van der Waals surface area contributed by atoms with E-state index in [0.717, 1.165) is 17.7 Å². The van der Waals surface area contributed by atoms with Crippen LogP contribution in [0, 0.1) is 0 Å². The number of para-hydroxylation sites is 1. The Hall–Kier alpha value is -1.55. The first kappa shape index (κ1) is 11.5. The minimum atomic E-state index is -0.364. The first-order valence-corrected chi connectivity index (χ1v) is 4.83. The number of nitrogens with one attached hydrogen (secondary N) is 1. The largest absolute Gasteiger partial charge is 0.384 e. The molecule has 3 N–H and O–H groups in total. The van der Waals surface area contributed by atoms with E-state index in [1.54, 1.807) is 7.11 Å². The lowest BCUT2D eigenvalue weighted by atomic mass is 10.1. The van der Waals surface area contributed by atoms with Gasteiger partial charge >= 0.3 is 0 Å². The van der Waals surface area contributed by atoms with Gasteiger partial charge in [-0.1, -0.05) is 18.2 Å². The lowest BCUT2D eigenvalue weighted by Crippen LogP contribution is -2.22. The van der Waals surface area contributed by atoms with Crippen LogP contribution in [0.3, 0.4) is 0 Å². The SMILES string of the molecule is COCCc1ccccc1NCC(N)=O. The zero-order valence-electron chi connectivity index (χ0n) is 8.82. The third-order valence-electron chi connectivity index (χ3n) is 2.05. The van der Waals surface area contributed by atoms with E-state index in [9.17, 15) is 4.79 Å². The maximum absolute atomic E-state index is 10.6. The van der Waals surface area contributed by atoms with Crippen LogP contribution < -0.4 is 11.1 Å². The van der Waals surface area contributed by atoms with Crippen molar-refractivity contribution in [2.45, 2.75) is 6.42 Å². The molecule has 0 atom stereocenters. The van der Waals surface area contributed by atoms with Gasteiger partial charge in [0.15, 0.2) is 0 Å². The second-order valence-corrected chi connectivity index (χ2v) is 3.22. The first-order valence-electron chi connectivity index (χ1n) is 4.83. The molecule has 1 aromatic rings. The minimum Gasteiger partial charge on any atom is -0.384 e. The fourth-order valence-electron chi connectivity index (χ4n) is 1.31. The molecule has 0 fully saturated rings. The smallest absolute Gasteiger partial charge is 0.236 e. The fraction of sp³-hybridized carbons (Fsp3) is 0.364. The molecule has 0 radical (unpaired) electrons. The minimum absolute atomic E-state index is 0.157. The highest BCUT2D eigenvalue weighted by Crippen LogP contribution is 2.15. The first-order chi connectivity index (χ1) is 7.24. The number of primary amides is 1. The number of anilines is 1. The van der Waals surface area contributed by atoms with E-state index in [2.05, 4.69) is 5.32 Å². The Bertz CT molecular complexity index is 326. The number of carbonyl (C=O) groups is 1. The van der Waals surface area contributed by atoms with Crippen molar-refractivity contribution in [2.24, 2.45) is 5.73 Å². The Balaban J connectivity index is 2.63. The molecule has 0 aliphatic carbocycles. The van der Waals surface area contributed by atoms with Crippen molar-refractivity contribution in [3.63, 3.8) is 0 Å². The summed E-state index contributed by atoms with van der Waals surface area (Å²) in [5, 5.41) is 2.99. The van der Waals surface area contributed by atoms with Crippen molar-refractivity contribution in [1.82, 2.24) is 0 Å². The number of ether oxygens (including phenoxy) is 1. The van der Waals surface area contributed by atoms with Crippen LogP contribution in [0.4, 0.5) is 5.69 Å². The van der Waals surface area contributed by atoms with Crippen LogP contribution in [0.25, 0.3) is 0 Å². The number of amides is 1. The molecule has 1 rings (SSSR count). The zero-order chi connectivity index (χ0) is 11.1. The van der Waals surface area contributed by atoms with Gasteiger partial charge in [-0.05, 0) is 18.1 Å². The monoisotopic (exact) mass is 208 g/mol. The highest BCUT2D eigenvalue weighted by atomic mass is 16.5. The van der Waals surface area contributed by atoms with Gasteiger partial charge in [0, 0.05) is 12.8 Å². The van der Waals surface area contributed by atoms with Gasteiger partial charge in [-0.2, -0.15) is 0 Å². The van der Waals surface area contributed by atoms with Gasteiger partial charge in [-0.15, -0.1) is 0 Å². The Morgan fingerprint density at radius 2 is 2.20 bits per heavy atom. The van der Waals surface area contributed by atoms with Crippen LogP contribution in [-0.4, -0.2) is 26.2 Å². The van der Waals surface area contributed by atoms with E-state index >= 15 is 0 Å². The van der Waals surface area contributed by atoms with Gasteiger partial charge in [-0.25, -0.2) is 0 Å². The molecule has 0 saturated carbocycles. The summed E-state index contributed by atoms with van der Waals surface area (Å²) in [5.74, 6) is -0.364. The van der Waals surface area contributed by atoms with Crippen molar-refractivity contribution in [3.8, 4) is 0 Å². The predicted molar refractivity (Wildman–Crippen MR) is 59.7 cm³/mol. The van der Waals surface area contributed by atoms with Gasteiger partial charge < -0.3 is 15.8 Å². The van der Waals surface area contributed by atoms with Crippen LogP contribution in [0.2, 0.25) is 0 Å². The molecule has 4 nitrogen and oxygen atoms in total. The van der Waals surface area contributed by atoms with Crippen LogP contribution in [-0.2, 0) is 16.0 Å². The number of carbonyl (C=O) groups excluding carboxylic acids is 1. The number of hydrogen-bond acceptors (Lipinski definition) is 3. The topological polar surface area (TPSA) is 64.3 Å². The molecular formula is C11H16N2O2. The summed E-state index contributed by atoms with van der Waals surface area (Å²) in [6.45, 7) is 0.819. The second-order valence-electron chi connectivity index (χ2n) is 3.22. The molecule has 1 aromatic carbocycles. The summed E-state index contributed by atoms with van der Waals surface area (Å²) >= 11 is 0. The van der Waals surface area contributed by atoms with Gasteiger partial charge in [0.25, 0.3) is 0 Å². The molecule has 0 unspecified atom stereocenters. The van der Waals surface area contributed by atoms with Gasteiger partial charge in [0.05, 0.1) is 13.2 Å². The third-order valence-corrected chi connectivity index (χ3v) is 2.05. The standard InChI is InChI=1S/C11H16N2O2/c1-15-7-6-9-4-2-3-5-10(9)13-8-11(12)14/h2-5,13H,6-8H2,1H3,(H2,12,14). The number of nitrogens with two attached hydrogens (primary N) is 1. The van der Waals surface area contributed by atoms with Crippen molar-refractivity contribution in [3.05, 3.63) is 29.8 Å². The Kier molecular flexibility index (Phi) is 4.63. The molecule has 1 amide bonds. The summed E-state index contributed by atoms with van der Waals surface area (Å²) < 4.78 is 5.01. The fourth-order valence-corrected chi connectivity index (χ4v) is 1.31. The van der Waals surface area contributed by atoms with Crippen LogP contribution >= 0.6 is 0 Å². The number of hydrogen-bond donors (Lipinski definition) is 2. The normalized spacial score (nSPS) is 9.93. The average Bonchev–Trinajstić information content (AvgIpc) is 2.24. The lowest BCUT2D eigenvalue weighted by molar-refractivity contribution is -0.116. The van der Waals surface area contributed by atoms with Gasteiger partial charge in [0.1, 0.15) is 0 Å². The maximum Gasteiger partial charge on any atom is 0.236 e. The van der Waals surface area contributed by atoms with Crippen LogP contribution in [0.1, 0.15) is 5.56 Å². The van der Waals surface area contributed by atoms with Crippen molar-refractivity contribution in [1.29, 1.82) is 0 Å². The summed E-state index contributed by atoms with van der Waals surface area (Å²) in [7, 11) is 1.67. The average molecular weight is 208 g/mol. The molecule has 0 bridgehead atoms. The highest BCUT2D eigenvalue weighted by molar-refractivity contribution is 5.79. The molecule has 0 spiro atoms. The lowest BCUT2D eigenvalue weighted by Gasteiger charge is -2.10. The summed E-state index contributed by atoms with van der Waals surface area (Å²) in [5.41, 5.74) is 7.13. The molecule has 4 heteroatoms. The highest BCUT2D eigenvalue weighted by Gasteiger charge is 2.01. The second kappa shape index (κ2) is 6.03. The van der Waals surface area contributed by atoms with E-state index in [1.807, 2.05) is 24.3 Å². The molecule has 0 aliphatic heterocycles. The van der Waals surface area contributed by atoms with E-state index in [4.69, 9.17) is 10.5 Å². The zero-order valence-corrected chi connectivity index (χ0v) is 8.82. The van der Waals surface area contributed by atoms with Gasteiger partial charge in [0.2, 0.25) is 5.91 Å². The Morgan fingerprint density at radius 1 is 1.47 bits per heavy atom. The van der Waals surface area contributed by atoms with Crippen LogP contribution in [0.15, 0.2) is 24.3 Å². The molecular weight excluding hydrogens is 192 g/mol. The number of benzene rings is 1. The molecule has 15 heavy (non-hydrogen) atoms. The molecule has 0 heterocycles. The van der Waals surface area contributed by atoms with E-state index < -0.39 is 0 Å². The van der Waals surface area contributed by atoms with E-state index in [1.165, 1.54) is 0 Å². The van der Waals surface area contributed by atoms with E-state index in [-0.39, 0.29) is 12.5 Å². The van der Waals surface area contributed by atoms with E-state index in [0.29, 0.717) is 6.61 Å². The van der Waals surface area contributed by atoms with Crippen molar-refractivity contribution in [2.75, 3.05) is 25.6 Å². The third kappa shape index (κ3) is 3.99. The summed E-state index contributed by atoms with van der Waals surface area (Å²) in [6.07, 6.45) is 0.818. The molecule has 0 saturated heterocycles. The molecule has 0 aliphatic rings.